The number of non-ortho nitro benzene ring substituents is 1. The summed E-state index contributed by atoms with van der Waals surface area (Å²) < 4.78 is 0. The molecule has 0 fully saturated rings. The topological polar surface area (TPSA) is 101 Å². The Hall–Kier alpha value is -2.41. The highest BCUT2D eigenvalue weighted by molar-refractivity contribution is 6.31. The van der Waals surface area contributed by atoms with Gasteiger partial charge < -0.3 is 5.32 Å². The zero-order valence-corrected chi connectivity index (χ0v) is 12.0. The van der Waals surface area contributed by atoms with E-state index in [0.29, 0.717) is 5.82 Å². The molecule has 0 spiro atoms. The molecule has 2 N–H and O–H groups in total. The van der Waals surface area contributed by atoms with Gasteiger partial charge in [0.05, 0.1) is 4.92 Å². The van der Waals surface area contributed by atoms with E-state index in [1.165, 1.54) is 18.2 Å². The molecule has 0 atom stereocenters. The number of amides is 1. The molecule has 0 saturated carbocycles. The van der Waals surface area contributed by atoms with Crippen molar-refractivity contribution in [3.8, 4) is 0 Å². The molecule has 8 heteroatoms. The molecule has 0 radical (unpaired) electrons. The van der Waals surface area contributed by atoms with Gasteiger partial charge in [-0.15, -0.1) is 0 Å². The average Bonchev–Trinajstić information content (AvgIpc) is 2.85. The Kier molecular flexibility index (Phi) is 4.54. The molecule has 1 heterocycles. The molecule has 0 aliphatic rings. The lowest BCUT2D eigenvalue weighted by Crippen LogP contribution is -2.12. The van der Waals surface area contributed by atoms with Crippen LogP contribution in [0.25, 0.3) is 0 Å². The summed E-state index contributed by atoms with van der Waals surface area (Å²) in [7, 11) is 0. The smallest absolute Gasteiger partial charge is 0.271 e. The molecule has 2 aromatic rings. The van der Waals surface area contributed by atoms with Gasteiger partial charge in [-0.05, 0) is 12.5 Å². The van der Waals surface area contributed by atoms with E-state index in [9.17, 15) is 14.9 Å². The quantitative estimate of drug-likeness (QED) is 0.654. The number of nitro groups is 1. The van der Waals surface area contributed by atoms with E-state index >= 15 is 0 Å². The number of hydrogen-bond acceptors (Lipinski definition) is 4. The number of H-pyrrole nitrogens is 1. The highest BCUT2D eigenvalue weighted by atomic mass is 35.5. The van der Waals surface area contributed by atoms with Crippen molar-refractivity contribution < 1.29 is 9.72 Å². The molecule has 0 aliphatic carbocycles. The number of aromatic nitrogens is 2. The van der Waals surface area contributed by atoms with Gasteiger partial charge in [-0.2, -0.15) is 5.10 Å². The fourth-order valence-corrected chi connectivity index (χ4v) is 2.05. The second-order valence-corrected chi connectivity index (χ2v) is 4.87. The van der Waals surface area contributed by atoms with Crippen molar-refractivity contribution in [1.29, 1.82) is 0 Å². The lowest BCUT2D eigenvalue weighted by molar-refractivity contribution is -0.384. The predicted molar refractivity (Wildman–Crippen MR) is 78.6 cm³/mol. The minimum atomic E-state index is -0.601. The van der Waals surface area contributed by atoms with Gasteiger partial charge in [0.25, 0.3) is 11.6 Å². The van der Waals surface area contributed by atoms with E-state index in [2.05, 4.69) is 15.5 Å². The SMILES string of the molecule is CCCc1cc(NC(=O)c2cc(Cl)cc([N+](=O)[O-])c2)n[nH]1. The van der Waals surface area contributed by atoms with Gasteiger partial charge in [0.2, 0.25) is 0 Å². The number of benzene rings is 1. The lowest BCUT2D eigenvalue weighted by atomic mass is 10.2. The van der Waals surface area contributed by atoms with Crippen LogP contribution in [-0.4, -0.2) is 21.0 Å². The highest BCUT2D eigenvalue weighted by Crippen LogP contribution is 2.21. The summed E-state index contributed by atoms with van der Waals surface area (Å²) in [5.74, 6) is -0.138. The molecular weight excluding hydrogens is 296 g/mol. The Balaban J connectivity index is 2.17. The molecule has 110 valence electrons. The molecule has 2 rings (SSSR count). The Bertz CT molecular complexity index is 684. The third kappa shape index (κ3) is 3.79. The second-order valence-electron chi connectivity index (χ2n) is 4.44. The molecule has 0 saturated heterocycles. The van der Waals surface area contributed by atoms with Crippen molar-refractivity contribution in [1.82, 2.24) is 10.2 Å². The molecule has 1 aromatic carbocycles. The number of aryl methyl sites for hydroxylation is 1. The molecule has 1 aromatic heterocycles. The van der Waals surface area contributed by atoms with Crippen molar-refractivity contribution in [2.75, 3.05) is 5.32 Å². The number of rotatable bonds is 5. The molecule has 0 unspecified atom stereocenters. The van der Waals surface area contributed by atoms with Gasteiger partial charge in [-0.1, -0.05) is 24.9 Å². The number of nitro benzene ring substituents is 1. The van der Waals surface area contributed by atoms with Crippen molar-refractivity contribution in [3.05, 3.63) is 50.7 Å². The van der Waals surface area contributed by atoms with Crippen LogP contribution in [-0.2, 0) is 6.42 Å². The van der Waals surface area contributed by atoms with Gasteiger partial charge in [-0.25, -0.2) is 0 Å². The van der Waals surface area contributed by atoms with Crippen LogP contribution in [0.3, 0.4) is 0 Å². The van der Waals surface area contributed by atoms with Crippen LogP contribution in [0.5, 0.6) is 0 Å². The fraction of sp³-hybridized carbons (Fsp3) is 0.231. The summed E-state index contributed by atoms with van der Waals surface area (Å²) in [6.07, 6.45) is 1.78. The zero-order chi connectivity index (χ0) is 15.4. The number of hydrogen-bond donors (Lipinski definition) is 2. The van der Waals surface area contributed by atoms with Crippen LogP contribution in [0.2, 0.25) is 5.02 Å². The lowest BCUT2D eigenvalue weighted by Gasteiger charge is -2.02. The molecule has 1 amide bonds. The number of halogens is 1. The maximum Gasteiger partial charge on any atom is 0.271 e. The Morgan fingerprint density at radius 2 is 2.19 bits per heavy atom. The maximum absolute atomic E-state index is 12.1. The minimum Gasteiger partial charge on any atom is -0.305 e. The minimum absolute atomic E-state index is 0.106. The van der Waals surface area contributed by atoms with E-state index in [1.54, 1.807) is 6.07 Å². The van der Waals surface area contributed by atoms with Crippen LogP contribution >= 0.6 is 11.6 Å². The van der Waals surface area contributed by atoms with Crippen LogP contribution in [0, 0.1) is 10.1 Å². The number of nitrogens with one attached hydrogen (secondary N) is 2. The monoisotopic (exact) mass is 308 g/mol. The Labute approximate surface area is 125 Å². The first-order valence-corrected chi connectivity index (χ1v) is 6.68. The third-order valence-corrected chi connectivity index (χ3v) is 2.97. The van der Waals surface area contributed by atoms with E-state index in [4.69, 9.17) is 11.6 Å². The summed E-state index contributed by atoms with van der Waals surface area (Å²) in [5.41, 5.74) is 0.778. The maximum atomic E-state index is 12.1. The first kappa shape index (κ1) is 15.0. The Morgan fingerprint density at radius 3 is 2.86 bits per heavy atom. The highest BCUT2D eigenvalue weighted by Gasteiger charge is 2.15. The number of anilines is 1. The van der Waals surface area contributed by atoms with Gasteiger partial charge in [-0.3, -0.25) is 20.0 Å². The second kappa shape index (κ2) is 6.36. The first-order chi connectivity index (χ1) is 9.99. The molecule has 0 aliphatic heterocycles. The normalized spacial score (nSPS) is 10.4. The summed E-state index contributed by atoms with van der Waals surface area (Å²) in [5, 5.41) is 20.2. The predicted octanol–water partition coefficient (Wildman–Crippen LogP) is 3.18. The fourth-order valence-electron chi connectivity index (χ4n) is 1.82. The van der Waals surface area contributed by atoms with Crippen molar-refractivity contribution >= 4 is 29.0 Å². The third-order valence-electron chi connectivity index (χ3n) is 2.75. The molecule has 21 heavy (non-hydrogen) atoms. The van der Waals surface area contributed by atoms with Crippen LogP contribution < -0.4 is 5.32 Å². The van der Waals surface area contributed by atoms with E-state index in [1.807, 2.05) is 6.92 Å². The van der Waals surface area contributed by atoms with Crippen LogP contribution in [0.1, 0.15) is 29.4 Å². The zero-order valence-electron chi connectivity index (χ0n) is 11.2. The van der Waals surface area contributed by atoms with Crippen molar-refractivity contribution in [3.63, 3.8) is 0 Å². The van der Waals surface area contributed by atoms with Crippen molar-refractivity contribution in [2.45, 2.75) is 19.8 Å². The number of carbonyl (C=O) groups excluding carboxylic acids is 1. The molecular formula is C13H13ClN4O3. The van der Waals surface area contributed by atoms with E-state index in [-0.39, 0.29) is 16.3 Å². The van der Waals surface area contributed by atoms with E-state index in [0.717, 1.165) is 18.5 Å². The van der Waals surface area contributed by atoms with Crippen LogP contribution in [0.15, 0.2) is 24.3 Å². The first-order valence-electron chi connectivity index (χ1n) is 6.30. The summed E-state index contributed by atoms with van der Waals surface area (Å²) in [6, 6.07) is 5.44. The summed E-state index contributed by atoms with van der Waals surface area (Å²) in [6.45, 7) is 2.03. The number of aromatic amines is 1. The van der Waals surface area contributed by atoms with Crippen LogP contribution in [0.4, 0.5) is 11.5 Å². The van der Waals surface area contributed by atoms with Gasteiger partial charge in [0.15, 0.2) is 5.82 Å². The number of carbonyl (C=O) groups is 1. The van der Waals surface area contributed by atoms with Gasteiger partial charge >= 0.3 is 0 Å². The molecule has 7 nitrogen and oxygen atoms in total. The average molecular weight is 309 g/mol. The van der Waals surface area contributed by atoms with E-state index < -0.39 is 10.8 Å². The standard InChI is InChI=1S/C13H13ClN4O3/c1-2-3-10-7-12(17-16-10)15-13(19)8-4-9(14)6-11(5-8)18(20)21/h4-7H,2-3H2,1H3,(H2,15,16,17,19). The van der Waals surface area contributed by atoms with Crippen molar-refractivity contribution in [2.24, 2.45) is 0 Å². The molecule has 0 bridgehead atoms. The summed E-state index contributed by atoms with van der Waals surface area (Å²) in [4.78, 5) is 22.2. The summed E-state index contributed by atoms with van der Waals surface area (Å²) >= 11 is 5.78. The van der Waals surface area contributed by atoms with Gasteiger partial charge in [0, 0.05) is 34.5 Å². The Morgan fingerprint density at radius 1 is 1.43 bits per heavy atom. The van der Waals surface area contributed by atoms with Gasteiger partial charge in [0.1, 0.15) is 0 Å². The number of nitrogens with zero attached hydrogens (tertiary/aromatic N) is 2. The largest absolute Gasteiger partial charge is 0.305 e.